The van der Waals surface area contributed by atoms with Crippen molar-refractivity contribution in [2.75, 3.05) is 19.7 Å². The largest absolute Gasteiger partial charge is 0.490 e. The number of carbonyl (C=O) groups is 2. The number of benzene rings is 2. The molecule has 3 rings (SSSR count). The second-order valence-corrected chi connectivity index (χ2v) is 7.41. The molecule has 0 unspecified atom stereocenters. The first-order valence-electron chi connectivity index (χ1n) is 9.78. The summed E-state index contributed by atoms with van der Waals surface area (Å²) in [6.07, 6.45) is 4.49. The van der Waals surface area contributed by atoms with Gasteiger partial charge in [0.2, 0.25) is 5.91 Å². The first kappa shape index (κ1) is 21.6. The summed E-state index contributed by atoms with van der Waals surface area (Å²) in [5.74, 6) is 0.418. The lowest BCUT2D eigenvalue weighted by molar-refractivity contribution is -0.126. The van der Waals surface area contributed by atoms with Gasteiger partial charge in [0, 0.05) is 29.6 Å². The van der Waals surface area contributed by atoms with Crippen LogP contribution in [-0.2, 0) is 4.79 Å². The van der Waals surface area contributed by atoms with Gasteiger partial charge in [-0.1, -0.05) is 24.3 Å². The van der Waals surface area contributed by atoms with E-state index < -0.39 is 0 Å². The molecule has 156 valence electrons. The maximum atomic E-state index is 12.5. The van der Waals surface area contributed by atoms with Gasteiger partial charge in [-0.3, -0.25) is 9.59 Å². The van der Waals surface area contributed by atoms with E-state index in [0.717, 1.165) is 11.3 Å². The monoisotopic (exact) mass is 425 g/mol. The fourth-order valence-corrected chi connectivity index (χ4v) is 3.31. The summed E-state index contributed by atoms with van der Waals surface area (Å²) in [7, 11) is 0. The minimum absolute atomic E-state index is 0.0379. The molecule has 0 saturated carbocycles. The van der Waals surface area contributed by atoms with E-state index in [1.54, 1.807) is 41.5 Å². The van der Waals surface area contributed by atoms with Gasteiger partial charge in [-0.05, 0) is 66.9 Å². The number of hydrogen-bond acceptors (Lipinski definition) is 4. The highest BCUT2D eigenvalue weighted by Gasteiger charge is 2.27. The zero-order chi connectivity index (χ0) is 21.3. The number of nitrogens with one attached hydrogen (secondary N) is 1. The second-order valence-electron chi connectivity index (χ2n) is 6.98. The average molecular weight is 426 g/mol. The van der Waals surface area contributed by atoms with Gasteiger partial charge in [0.15, 0.2) is 0 Å². The SMILES string of the molecule is C=CCOc1ccc(/C=N\NC(=O)C2CCN(C(=O)c3ccc(Cl)cc3)CC2)cc1. The number of ether oxygens (including phenoxy) is 1. The fourth-order valence-electron chi connectivity index (χ4n) is 3.19. The number of piperidine rings is 1. The lowest BCUT2D eigenvalue weighted by Crippen LogP contribution is -2.42. The molecule has 0 aliphatic carbocycles. The van der Waals surface area contributed by atoms with E-state index in [2.05, 4.69) is 17.1 Å². The standard InChI is InChI=1S/C23H24ClN3O3/c1-2-15-30-21-9-3-17(4-10-21)16-25-26-22(28)18-11-13-27(14-12-18)23(29)19-5-7-20(24)8-6-19/h2-10,16,18H,1,11-15H2,(H,26,28)/b25-16-. The van der Waals surface area contributed by atoms with Crippen molar-refractivity contribution in [3.63, 3.8) is 0 Å². The van der Waals surface area contributed by atoms with E-state index in [9.17, 15) is 9.59 Å². The quantitative estimate of drug-likeness (QED) is 0.415. The Balaban J connectivity index is 1.44. The molecule has 0 radical (unpaired) electrons. The zero-order valence-electron chi connectivity index (χ0n) is 16.6. The molecule has 1 fully saturated rings. The Morgan fingerprint density at radius 3 is 2.43 bits per heavy atom. The number of nitrogens with zero attached hydrogens (tertiary/aromatic N) is 2. The van der Waals surface area contributed by atoms with Gasteiger partial charge < -0.3 is 9.64 Å². The van der Waals surface area contributed by atoms with Crippen molar-refractivity contribution in [3.05, 3.63) is 77.3 Å². The number of amides is 2. The molecule has 30 heavy (non-hydrogen) atoms. The molecule has 0 spiro atoms. The number of likely N-dealkylation sites (tertiary alicyclic amines) is 1. The Morgan fingerprint density at radius 1 is 1.13 bits per heavy atom. The third kappa shape index (κ3) is 5.94. The van der Waals surface area contributed by atoms with Crippen molar-refractivity contribution in [2.45, 2.75) is 12.8 Å². The Kier molecular flexibility index (Phi) is 7.63. The molecule has 1 saturated heterocycles. The van der Waals surface area contributed by atoms with Gasteiger partial charge in [0.05, 0.1) is 6.21 Å². The molecular weight excluding hydrogens is 402 g/mol. The normalized spacial score (nSPS) is 14.5. The van der Waals surface area contributed by atoms with Crippen molar-refractivity contribution >= 4 is 29.6 Å². The fraction of sp³-hybridized carbons (Fsp3) is 0.261. The van der Waals surface area contributed by atoms with Gasteiger partial charge in [0.1, 0.15) is 12.4 Å². The number of hydrazone groups is 1. The van der Waals surface area contributed by atoms with E-state index in [0.29, 0.717) is 43.1 Å². The van der Waals surface area contributed by atoms with Crippen LogP contribution in [0.25, 0.3) is 0 Å². The summed E-state index contributed by atoms with van der Waals surface area (Å²) in [6, 6.07) is 14.2. The summed E-state index contributed by atoms with van der Waals surface area (Å²) in [5.41, 5.74) is 4.06. The predicted octanol–water partition coefficient (Wildman–Crippen LogP) is 3.91. The molecule has 0 atom stereocenters. The molecule has 1 heterocycles. The first-order chi connectivity index (χ1) is 14.6. The highest BCUT2D eigenvalue weighted by molar-refractivity contribution is 6.30. The summed E-state index contributed by atoms with van der Waals surface area (Å²) in [4.78, 5) is 26.7. The van der Waals surface area contributed by atoms with Crippen LogP contribution in [0.1, 0.15) is 28.8 Å². The van der Waals surface area contributed by atoms with Crippen LogP contribution in [0.4, 0.5) is 0 Å². The minimum Gasteiger partial charge on any atom is -0.490 e. The molecule has 1 N–H and O–H groups in total. The lowest BCUT2D eigenvalue weighted by Gasteiger charge is -2.31. The molecule has 2 aromatic carbocycles. The van der Waals surface area contributed by atoms with Crippen molar-refractivity contribution < 1.29 is 14.3 Å². The zero-order valence-corrected chi connectivity index (χ0v) is 17.3. The molecule has 0 aromatic heterocycles. The molecule has 2 amide bonds. The van der Waals surface area contributed by atoms with Crippen molar-refractivity contribution in [3.8, 4) is 5.75 Å². The maximum absolute atomic E-state index is 12.5. The van der Waals surface area contributed by atoms with E-state index in [4.69, 9.17) is 16.3 Å². The molecule has 1 aliphatic rings. The van der Waals surface area contributed by atoms with Crippen molar-refractivity contribution in [1.82, 2.24) is 10.3 Å². The third-order valence-electron chi connectivity index (χ3n) is 4.88. The van der Waals surface area contributed by atoms with Gasteiger partial charge in [-0.25, -0.2) is 5.43 Å². The van der Waals surface area contributed by atoms with Crippen LogP contribution in [0.5, 0.6) is 5.75 Å². The Hall–Kier alpha value is -3.12. The van der Waals surface area contributed by atoms with E-state index in [1.165, 1.54) is 0 Å². The third-order valence-corrected chi connectivity index (χ3v) is 5.13. The van der Waals surface area contributed by atoms with Crippen LogP contribution in [0.15, 0.2) is 66.3 Å². The van der Waals surface area contributed by atoms with Gasteiger partial charge in [0.25, 0.3) is 5.91 Å². The highest BCUT2D eigenvalue weighted by Crippen LogP contribution is 2.20. The van der Waals surface area contributed by atoms with Gasteiger partial charge in [-0.2, -0.15) is 5.10 Å². The Bertz CT molecular complexity index is 902. The predicted molar refractivity (Wildman–Crippen MR) is 118 cm³/mol. The van der Waals surface area contributed by atoms with Crippen LogP contribution in [0.2, 0.25) is 5.02 Å². The number of rotatable bonds is 7. The number of halogens is 1. The van der Waals surface area contributed by atoms with E-state index >= 15 is 0 Å². The molecule has 2 aromatic rings. The van der Waals surface area contributed by atoms with Crippen LogP contribution < -0.4 is 10.2 Å². The van der Waals surface area contributed by atoms with Crippen LogP contribution in [0.3, 0.4) is 0 Å². The van der Waals surface area contributed by atoms with Crippen molar-refractivity contribution in [2.24, 2.45) is 11.0 Å². The van der Waals surface area contributed by atoms with Crippen LogP contribution in [0, 0.1) is 5.92 Å². The van der Waals surface area contributed by atoms with E-state index in [-0.39, 0.29) is 17.7 Å². The average Bonchev–Trinajstić information content (AvgIpc) is 2.78. The first-order valence-corrected chi connectivity index (χ1v) is 10.2. The van der Waals surface area contributed by atoms with Crippen molar-refractivity contribution in [1.29, 1.82) is 0 Å². The summed E-state index contributed by atoms with van der Waals surface area (Å²) < 4.78 is 5.42. The number of carbonyl (C=O) groups excluding carboxylic acids is 2. The number of hydrogen-bond donors (Lipinski definition) is 1. The minimum atomic E-state index is -0.161. The topological polar surface area (TPSA) is 71.0 Å². The molecule has 1 aliphatic heterocycles. The summed E-state index contributed by atoms with van der Waals surface area (Å²) in [5, 5.41) is 4.64. The smallest absolute Gasteiger partial charge is 0.253 e. The molecule has 7 heteroatoms. The Morgan fingerprint density at radius 2 is 1.80 bits per heavy atom. The highest BCUT2D eigenvalue weighted by atomic mass is 35.5. The summed E-state index contributed by atoms with van der Waals surface area (Å²) >= 11 is 5.87. The van der Waals surface area contributed by atoms with Gasteiger partial charge >= 0.3 is 0 Å². The van der Waals surface area contributed by atoms with Gasteiger partial charge in [-0.15, -0.1) is 0 Å². The second kappa shape index (κ2) is 10.6. The van der Waals surface area contributed by atoms with E-state index in [1.807, 2.05) is 24.3 Å². The van der Waals surface area contributed by atoms with Crippen LogP contribution in [-0.4, -0.2) is 42.6 Å². The molecule has 0 bridgehead atoms. The maximum Gasteiger partial charge on any atom is 0.253 e. The molecule has 6 nitrogen and oxygen atoms in total. The molecular formula is C23H24ClN3O3. The summed E-state index contributed by atoms with van der Waals surface area (Å²) in [6.45, 7) is 5.13. The Labute approximate surface area is 181 Å². The lowest BCUT2D eigenvalue weighted by atomic mass is 9.95. The van der Waals surface area contributed by atoms with Crippen LogP contribution >= 0.6 is 11.6 Å².